The standard InChI is InChI=1S/C28H27N7O2S/c1-18-24(37-25-8-4-3-7-21(25)30-2)10-9-22(26(18)35-13-5-6-19(14-29)16-35)33-27(36)23-17-38-28(34-23)20-11-12-31-32-15-20/h3-4,7-12,15,17,19H,5-6,13-14,16,29H2,1H3,(H,33,36)/t19-/m0/s1. The Labute approximate surface area is 225 Å². The first-order chi connectivity index (χ1) is 18.6. The van der Waals surface area contributed by atoms with Crippen LogP contribution >= 0.6 is 11.3 Å². The van der Waals surface area contributed by atoms with E-state index in [0.717, 1.165) is 42.7 Å². The summed E-state index contributed by atoms with van der Waals surface area (Å²) in [6.07, 6.45) is 5.31. The molecular weight excluding hydrogens is 498 g/mol. The summed E-state index contributed by atoms with van der Waals surface area (Å²) >= 11 is 1.38. The molecule has 1 aliphatic rings. The molecule has 3 N–H and O–H groups in total. The third-order valence-corrected chi connectivity index (χ3v) is 7.46. The van der Waals surface area contributed by atoms with Crippen molar-refractivity contribution in [2.45, 2.75) is 19.8 Å². The van der Waals surface area contributed by atoms with E-state index >= 15 is 0 Å². The minimum absolute atomic E-state index is 0.297. The summed E-state index contributed by atoms with van der Waals surface area (Å²) in [5.74, 6) is 1.20. The Bertz CT molecular complexity index is 1480. The van der Waals surface area contributed by atoms with Crippen LogP contribution in [0.3, 0.4) is 0 Å². The molecule has 1 atom stereocenters. The molecule has 0 spiro atoms. The smallest absolute Gasteiger partial charge is 0.275 e. The summed E-state index contributed by atoms with van der Waals surface area (Å²) in [5, 5.41) is 13.2. The highest BCUT2D eigenvalue weighted by molar-refractivity contribution is 7.13. The molecule has 2 aromatic carbocycles. The van der Waals surface area contributed by atoms with Gasteiger partial charge in [0, 0.05) is 29.6 Å². The highest BCUT2D eigenvalue weighted by Crippen LogP contribution is 2.41. The molecule has 0 unspecified atom stereocenters. The first-order valence-electron chi connectivity index (χ1n) is 12.3. The van der Waals surface area contributed by atoms with Crippen molar-refractivity contribution in [2.75, 3.05) is 29.9 Å². The van der Waals surface area contributed by atoms with E-state index < -0.39 is 0 Å². The lowest BCUT2D eigenvalue weighted by atomic mass is 9.96. The van der Waals surface area contributed by atoms with Crippen LogP contribution in [0.4, 0.5) is 17.1 Å². The summed E-state index contributed by atoms with van der Waals surface area (Å²) in [6, 6.07) is 12.7. The number of amides is 1. The van der Waals surface area contributed by atoms with Gasteiger partial charge in [-0.2, -0.15) is 10.2 Å². The fourth-order valence-corrected chi connectivity index (χ4v) is 5.42. The Hall–Kier alpha value is -4.33. The molecule has 192 valence electrons. The van der Waals surface area contributed by atoms with Gasteiger partial charge in [0.1, 0.15) is 22.2 Å². The Morgan fingerprint density at radius 2 is 2.11 bits per heavy atom. The Kier molecular flexibility index (Phi) is 7.58. The third kappa shape index (κ3) is 5.34. The molecule has 0 bridgehead atoms. The normalized spacial score (nSPS) is 15.1. The van der Waals surface area contributed by atoms with Gasteiger partial charge in [0.05, 0.1) is 30.3 Å². The largest absolute Gasteiger partial charge is 0.468 e. The average molecular weight is 526 g/mol. The molecular formula is C28H27N7O2S. The predicted molar refractivity (Wildman–Crippen MR) is 149 cm³/mol. The van der Waals surface area contributed by atoms with E-state index in [1.165, 1.54) is 11.3 Å². The molecule has 3 heterocycles. The Morgan fingerprint density at radius 3 is 2.89 bits per heavy atom. The van der Waals surface area contributed by atoms with Crippen LogP contribution in [0, 0.1) is 19.4 Å². The van der Waals surface area contributed by atoms with Gasteiger partial charge in [-0.25, -0.2) is 9.83 Å². The second kappa shape index (κ2) is 11.4. The van der Waals surface area contributed by atoms with Gasteiger partial charge in [0.2, 0.25) is 5.69 Å². The molecule has 38 heavy (non-hydrogen) atoms. The third-order valence-electron chi connectivity index (χ3n) is 6.57. The molecule has 1 amide bonds. The van der Waals surface area contributed by atoms with Crippen LogP contribution in [0.15, 0.2) is 60.2 Å². The summed E-state index contributed by atoms with van der Waals surface area (Å²) < 4.78 is 6.21. The topological polar surface area (TPSA) is 111 Å². The quantitative estimate of drug-likeness (QED) is 0.299. The molecule has 0 saturated carbocycles. The lowest BCUT2D eigenvalue weighted by Crippen LogP contribution is -2.39. The maximum absolute atomic E-state index is 13.3. The van der Waals surface area contributed by atoms with E-state index in [4.69, 9.17) is 17.0 Å². The van der Waals surface area contributed by atoms with E-state index in [0.29, 0.717) is 46.0 Å². The van der Waals surface area contributed by atoms with Crippen LogP contribution in [0.2, 0.25) is 0 Å². The van der Waals surface area contributed by atoms with Gasteiger partial charge in [-0.1, -0.05) is 18.2 Å². The number of para-hydroxylation sites is 2. The Balaban J connectivity index is 1.47. The van der Waals surface area contributed by atoms with Gasteiger partial charge in [-0.05, 0) is 56.5 Å². The van der Waals surface area contributed by atoms with Crippen molar-refractivity contribution < 1.29 is 9.53 Å². The molecule has 1 fully saturated rings. The second-order valence-corrected chi connectivity index (χ2v) is 9.94. The van der Waals surface area contributed by atoms with Crippen LogP contribution in [-0.2, 0) is 0 Å². The number of nitrogens with one attached hydrogen (secondary N) is 1. The van der Waals surface area contributed by atoms with Gasteiger partial charge < -0.3 is 20.7 Å². The first-order valence-corrected chi connectivity index (χ1v) is 13.2. The SMILES string of the molecule is [C-]#[N+]c1ccccc1Oc1ccc(NC(=O)c2csc(-c3ccnnc3)n2)c(N2CCC[C@@H](CN)C2)c1C. The minimum Gasteiger partial charge on any atom is -0.468 e. The van der Waals surface area contributed by atoms with Crippen molar-refractivity contribution in [1.29, 1.82) is 0 Å². The number of anilines is 2. The number of hydrogen-bond acceptors (Lipinski definition) is 8. The maximum Gasteiger partial charge on any atom is 0.275 e. The average Bonchev–Trinajstić information content (AvgIpc) is 3.46. The number of piperidine rings is 1. The number of nitrogens with two attached hydrogens (primary N) is 1. The van der Waals surface area contributed by atoms with Gasteiger partial charge in [-0.15, -0.1) is 11.3 Å². The molecule has 10 heteroatoms. The van der Waals surface area contributed by atoms with Crippen molar-refractivity contribution in [3.63, 3.8) is 0 Å². The highest BCUT2D eigenvalue weighted by atomic mass is 32.1. The number of ether oxygens (including phenoxy) is 1. The van der Waals surface area contributed by atoms with Gasteiger partial charge >= 0.3 is 0 Å². The fraction of sp³-hybridized carbons (Fsp3) is 0.250. The molecule has 9 nitrogen and oxygen atoms in total. The number of rotatable bonds is 7. The number of hydrogen-bond donors (Lipinski definition) is 2. The van der Waals surface area contributed by atoms with Crippen molar-refractivity contribution in [3.8, 4) is 22.1 Å². The van der Waals surface area contributed by atoms with E-state index in [9.17, 15) is 4.79 Å². The number of thiazole rings is 1. The summed E-state index contributed by atoms with van der Waals surface area (Å²) in [5.41, 5.74) is 10.0. The predicted octanol–water partition coefficient (Wildman–Crippen LogP) is 5.68. The van der Waals surface area contributed by atoms with Crippen LogP contribution in [0.1, 0.15) is 28.9 Å². The second-order valence-electron chi connectivity index (χ2n) is 9.08. The van der Waals surface area contributed by atoms with E-state index in [2.05, 4.69) is 30.2 Å². The summed E-state index contributed by atoms with van der Waals surface area (Å²) in [7, 11) is 0. The number of aromatic nitrogens is 3. The zero-order valence-electron chi connectivity index (χ0n) is 20.9. The zero-order valence-corrected chi connectivity index (χ0v) is 21.7. The van der Waals surface area contributed by atoms with E-state index in [-0.39, 0.29) is 5.91 Å². The van der Waals surface area contributed by atoms with Crippen LogP contribution in [0.25, 0.3) is 15.4 Å². The molecule has 1 saturated heterocycles. The van der Waals surface area contributed by atoms with Crippen molar-refractivity contribution in [3.05, 3.63) is 82.9 Å². The molecule has 0 aliphatic carbocycles. The molecule has 1 aliphatic heterocycles. The first kappa shape index (κ1) is 25.3. The number of carbonyl (C=O) groups excluding carboxylic acids is 1. The number of nitrogens with zero attached hydrogens (tertiary/aromatic N) is 5. The summed E-state index contributed by atoms with van der Waals surface area (Å²) in [6.45, 7) is 11.7. The zero-order chi connectivity index (χ0) is 26.5. The maximum atomic E-state index is 13.3. The number of carbonyl (C=O) groups is 1. The highest BCUT2D eigenvalue weighted by Gasteiger charge is 2.25. The van der Waals surface area contributed by atoms with Crippen molar-refractivity contribution in [1.82, 2.24) is 15.2 Å². The minimum atomic E-state index is -0.297. The van der Waals surface area contributed by atoms with Crippen molar-refractivity contribution in [2.24, 2.45) is 11.7 Å². The van der Waals surface area contributed by atoms with Crippen molar-refractivity contribution >= 4 is 34.3 Å². The van der Waals surface area contributed by atoms with Gasteiger partial charge in [-0.3, -0.25) is 4.79 Å². The molecule has 0 radical (unpaired) electrons. The van der Waals surface area contributed by atoms with E-state index in [1.807, 2.05) is 37.3 Å². The Morgan fingerprint density at radius 1 is 1.24 bits per heavy atom. The monoisotopic (exact) mass is 525 g/mol. The lowest BCUT2D eigenvalue weighted by molar-refractivity contribution is 0.102. The van der Waals surface area contributed by atoms with Gasteiger partial charge in [0.25, 0.3) is 5.91 Å². The summed E-state index contributed by atoms with van der Waals surface area (Å²) in [4.78, 5) is 23.6. The fourth-order valence-electron chi connectivity index (χ4n) is 4.63. The molecule has 4 aromatic rings. The molecule has 5 rings (SSSR count). The van der Waals surface area contributed by atoms with E-state index in [1.54, 1.807) is 29.9 Å². The molecule has 2 aromatic heterocycles. The van der Waals surface area contributed by atoms with Gasteiger partial charge in [0.15, 0.2) is 0 Å². The van der Waals surface area contributed by atoms with Crippen LogP contribution < -0.4 is 20.7 Å². The van der Waals surface area contributed by atoms with Crippen LogP contribution in [-0.4, -0.2) is 40.7 Å². The van der Waals surface area contributed by atoms with Crippen LogP contribution in [0.5, 0.6) is 11.5 Å². The number of benzene rings is 2. The lowest BCUT2D eigenvalue weighted by Gasteiger charge is -2.36.